The number of piperazine rings is 1. The maximum atomic E-state index is 12.5. The Morgan fingerprint density at radius 2 is 2.00 bits per heavy atom. The van der Waals surface area contributed by atoms with E-state index in [4.69, 9.17) is 4.42 Å². The Balaban J connectivity index is 1.78. The van der Waals surface area contributed by atoms with Crippen LogP contribution in [0.2, 0.25) is 0 Å². The first-order valence-electron chi connectivity index (χ1n) is 7.75. The molecule has 0 radical (unpaired) electrons. The zero-order valence-corrected chi connectivity index (χ0v) is 12.7. The van der Waals surface area contributed by atoms with Crippen molar-refractivity contribution in [2.45, 2.75) is 0 Å². The lowest BCUT2D eigenvalue weighted by Crippen LogP contribution is -2.43. The monoisotopic (exact) mass is 307 g/mol. The third kappa shape index (κ3) is 2.71. The van der Waals surface area contributed by atoms with Crippen molar-refractivity contribution in [2.75, 3.05) is 31.1 Å². The third-order valence-corrected chi connectivity index (χ3v) is 4.14. The zero-order valence-electron chi connectivity index (χ0n) is 12.7. The van der Waals surface area contributed by atoms with E-state index in [2.05, 4.69) is 15.2 Å². The predicted octanol–water partition coefficient (Wildman–Crippen LogP) is 2.26. The highest BCUT2D eigenvalue weighted by atomic mass is 16.3. The number of rotatable bonds is 2. The molecule has 0 spiro atoms. The van der Waals surface area contributed by atoms with Crippen molar-refractivity contribution >= 4 is 16.7 Å². The van der Waals surface area contributed by atoms with Gasteiger partial charge in [-0.25, -0.2) is 0 Å². The minimum absolute atomic E-state index is 0.0258. The number of nitrogens with one attached hydrogen (secondary N) is 1. The van der Waals surface area contributed by atoms with Crippen LogP contribution in [0.5, 0.6) is 0 Å². The van der Waals surface area contributed by atoms with Crippen molar-refractivity contribution < 1.29 is 4.42 Å². The highest BCUT2D eigenvalue weighted by Gasteiger charge is 2.13. The van der Waals surface area contributed by atoms with Gasteiger partial charge >= 0.3 is 0 Å². The standard InChI is InChI=1S/C18H17N3O2/c22-16-11-18(13-2-1-5-20-12-13)23-17-4-3-14(10-15(16)17)21-8-6-19-7-9-21/h1-5,10-12,19H,6-9H2. The van der Waals surface area contributed by atoms with Crippen LogP contribution in [0.3, 0.4) is 0 Å². The van der Waals surface area contributed by atoms with Crippen LogP contribution in [0, 0.1) is 0 Å². The van der Waals surface area contributed by atoms with Crippen molar-refractivity contribution in [3.05, 3.63) is 59.0 Å². The van der Waals surface area contributed by atoms with Gasteiger partial charge in [-0.3, -0.25) is 9.78 Å². The van der Waals surface area contributed by atoms with E-state index in [-0.39, 0.29) is 5.43 Å². The lowest BCUT2D eigenvalue weighted by atomic mass is 10.1. The second-order valence-electron chi connectivity index (χ2n) is 5.63. The van der Waals surface area contributed by atoms with Crippen LogP contribution in [-0.4, -0.2) is 31.2 Å². The molecule has 3 aromatic rings. The van der Waals surface area contributed by atoms with Gasteiger partial charge in [0.25, 0.3) is 0 Å². The molecule has 4 rings (SSSR count). The van der Waals surface area contributed by atoms with Gasteiger partial charge in [0.15, 0.2) is 5.43 Å². The molecule has 5 heteroatoms. The first kappa shape index (κ1) is 14.0. The first-order chi connectivity index (χ1) is 11.3. The maximum Gasteiger partial charge on any atom is 0.193 e. The molecule has 0 amide bonds. The molecule has 1 N–H and O–H groups in total. The van der Waals surface area contributed by atoms with Crippen molar-refractivity contribution in [3.63, 3.8) is 0 Å². The smallest absolute Gasteiger partial charge is 0.193 e. The minimum atomic E-state index is -0.0258. The molecule has 116 valence electrons. The summed E-state index contributed by atoms with van der Waals surface area (Å²) in [5, 5.41) is 3.95. The molecule has 1 fully saturated rings. The fourth-order valence-corrected chi connectivity index (χ4v) is 2.91. The maximum absolute atomic E-state index is 12.5. The highest BCUT2D eigenvalue weighted by molar-refractivity contribution is 5.82. The Morgan fingerprint density at radius 1 is 1.13 bits per heavy atom. The van der Waals surface area contributed by atoms with E-state index in [9.17, 15) is 4.79 Å². The van der Waals surface area contributed by atoms with Gasteiger partial charge < -0.3 is 14.6 Å². The molecule has 5 nitrogen and oxygen atoms in total. The molecule has 23 heavy (non-hydrogen) atoms. The molecule has 0 saturated carbocycles. The van der Waals surface area contributed by atoms with Crippen molar-refractivity contribution in [2.24, 2.45) is 0 Å². The van der Waals surface area contributed by atoms with Crippen molar-refractivity contribution in [1.29, 1.82) is 0 Å². The summed E-state index contributed by atoms with van der Waals surface area (Å²) in [5.74, 6) is 0.547. The summed E-state index contributed by atoms with van der Waals surface area (Å²) in [4.78, 5) is 18.9. The van der Waals surface area contributed by atoms with Crippen LogP contribution in [0.25, 0.3) is 22.3 Å². The Labute approximate surface area is 133 Å². The minimum Gasteiger partial charge on any atom is -0.456 e. The van der Waals surface area contributed by atoms with Crippen molar-refractivity contribution in [1.82, 2.24) is 10.3 Å². The fraction of sp³-hybridized carbons (Fsp3) is 0.222. The van der Waals surface area contributed by atoms with E-state index >= 15 is 0 Å². The summed E-state index contributed by atoms with van der Waals surface area (Å²) < 4.78 is 5.90. The number of pyridine rings is 1. The average molecular weight is 307 g/mol. The van der Waals surface area contributed by atoms with E-state index in [0.29, 0.717) is 16.7 Å². The molecular weight excluding hydrogens is 290 g/mol. The lowest BCUT2D eigenvalue weighted by Gasteiger charge is -2.29. The molecule has 0 bridgehead atoms. The molecule has 1 aliphatic rings. The summed E-state index contributed by atoms with van der Waals surface area (Å²) in [6.45, 7) is 3.83. The van der Waals surface area contributed by atoms with Crippen LogP contribution in [-0.2, 0) is 0 Å². The Bertz CT molecular complexity index is 884. The number of hydrogen-bond donors (Lipinski definition) is 1. The molecule has 0 atom stereocenters. The number of aromatic nitrogens is 1. The second-order valence-corrected chi connectivity index (χ2v) is 5.63. The van der Waals surface area contributed by atoms with E-state index < -0.39 is 0 Å². The molecule has 0 aliphatic carbocycles. The summed E-state index contributed by atoms with van der Waals surface area (Å²) >= 11 is 0. The van der Waals surface area contributed by atoms with Gasteiger partial charge in [-0.1, -0.05) is 0 Å². The Hall–Kier alpha value is -2.66. The van der Waals surface area contributed by atoms with E-state index in [1.165, 1.54) is 0 Å². The summed E-state index contributed by atoms with van der Waals surface area (Å²) in [6.07, 6.45) is 3.39. The molecule has 1 aliphatic heterocycles. The fourth-order valence-electron chi connectivity index (χ4n) is 2.91. The highest BCUT2D eigenvalue weighted by Crippen LogP contribution is 2.25. The van der Waals surface area contributed by atoms with Gasteiger partial charge in [-0.05, 0) is 30.3 Å². The van der Waals surface area contributed by atoms with Gasteiger partial charge in [0.1, 0.15) is 11.3 Å². The SMILES string of the molecule is O=c1cc(-c2cccnc2)oc2ccc(N3CCNCC3)cc12. The predicted molar refractivity (Wildman–Crippen MR) is 90.8 cm³/mol. The summed E-state index contributed by atoms with van der Waals surface area (Å²) in [5.41, 5.74) is 2.45. The number of fused-ring (bicyclic) bond motifs is 1. The topological polar surface area (TPSA) is 58.4 Å². The molecule has 2 aromatic heterocycles. The molecule has 0 unspecified atom stereocenters. The number of benzene rings is 1. The third-order valence-electron chi connectivity index (χ3n) is 4.14. The van der Waals surface area contributed by atoms with E-state index in [1.54, 1.807) is 18.5 Å². The van der Waals surface area contributed by atoms with Gasteiger partial charge in [0, 0.05) is 55.9 Å². The van der Waals surface area contributed by atoms with Crippen LogP contribution < -0.4 is 15.6 Å². The molecule has 3 heterocycles. The van der Waals surface area contributed by atoms with E-state index in [0.717, 1.165) is 37.4 Å². The van der Waals surface area contributed by atoms with Gasteiger partial charge in [-0.15, -0.1) is 0 Å². The quantitative estimate of drug-likeness (QED) is 0.787. The van der Waals surface area contributed by atoms with E-state index in [1.807, 2.05) is 30.3 Å². The van der Waals surface area contributed by atoms with Gasteiger partial charge in [0.05, 0.1) is 5.39 Å². The van der Waals surface area contributed by atoms with Crippen LogP contribution >= 0.6 is 0 Å². The molecule has 1 aromatic carbocycles. The number of nitrogens with zero attached hydrogens (tertiary/aromatic N) is 2. The zero-order chi connectivity index (χ0) is 15.6. The Morgan fingerprint density at radius 3 is 2.78 bits per heavy atom. The lowest BCUT2D eigenvalue weighted by molar-refractivity contribution is 0.589. The van der Waals surface area contributed by atoms with Crippen LogP contribution in [0.4, 0.5) is 5.69 Å². The van der Waals surface area contributed by atoms with Gasteiger partial charge in [0.2, 0.25) is 0 Å². The second kappa shape index (κ2) is 5.85. The first-order valence-corrected chi connectivity index (χ1v) is 7.75. The molecule has 1 saturated heterocycles. The largest absolute Gasteiger partial charge is 0.456 e. The van der Waals surface area contributed by atoms with Gasteiger partial charge in [-0.2, -0.15) is 0 Å². The molecular formula is C18H17N3O2. The van der Waals surface area contributed by atoms with Crippen molar-refractivity contribution in [3.8, 4) is 11.3 Å². The number of hydrogen-bond acceptors (Lipinski definition) is 5. The van der Waals surface area contributed by atoms with Crippen LogP contribution in [0.15, 0.2) is 58.0 Å². The summed E-state index contributed by atoms with van der Waals surface area (Å²) in [7, 11) is 0. The normalized spacial score (nSPS) is 15.0. The Kier molecular flexibility index (Phi) is 3.55. The summed E-state index contributed by atoms with van der Waals surface area (Å²) in [6, 6.07) is 11.1. The average Bonchev–Trinajstić information content (AvgIpc) is 2.63. The van der Waals surface area contributed by atoms with Crippen LogP contribution in [0.1, 0.15) is 0 Å². The number of anilines is 1.